The molecule has 1 saturated heterocycles. The van der Waals surface area contributed by atoms with Gasteiger partial charge in [0.25, 0.3) is 0 Å². The van der Waals surface area contributed by atoms with Crippen LogP contribution < -0.4 is 4.90 Å². The number of likely N-dealkylation sites (tertiary alicyclic amines) is 1. The summed E-state index contributed by atoms with van der Waals surface area (Å²) in [5.41, 5.74) is 0.516. The van der Waals surface area contributed by atoms with Crippen LogP contribution in [0.3, 0.4) is 0 Å². The van der Waals surface area contributed by atoms with E-state index in [1.807, 2.05) is 0 Å². The lowest BCUT2D eigenvalue weighted by Gasteiger charge is -2.40. The van der Waals surface area contributed by atoms with Crippen molar-refractivity contribution in [2.45, 2.75) is 50.4 Å². The lowest BCUT2D eigenvalue weighted by Crippen LogP contribution is -2.50. The second-order valence-electron chi connectivity index (χ2n) is 12.7. The number of hydrogen-bond acceptors (Lipinski definition) is 6. The zero-order valence-corrected chi connectivity index (χ0v) is 29.4. The summed E-state index contributed by atoms with van der Waals surface area (Å²) in [5.74, 6) is -3.11. The Morgan fingerprint density at radius 2 is 1.75 bits per heavy atom. The fraction of sp³-hybridized carbons (Fsp3) is 0.341. The number of amides is 1. The van der Waals surface area contributed by atoms with Crippen molar-refractivity contribution in [3.63, 3.8) is 0 Å². The van der Waals surface area contributed by atoms with Gasteiger partial charge in [0.1, 0.15) is 12.6 Å². The van der Waals surface area contributed by atoms with Crippen LogP contribution >= 0.6 is 11.8 Å². The molecule has 53 heavy (non-hydrogen) atoms. The number of aliphatic hydroxyl groups excluding tert-OH is 1. The molecule has 280 valence electrons. The minimum absolute atomic E-state index is 0.0430. The highest BCUT2D eigenvalue weighted by Gasteiger charge is 2.33. The van der Waals surface area contributed by atoms with Crippen LogP contribution in [0.15, 0.2) is 95.9 Å². The SMILES string of the molecule is [2H]C1=C(SCc2cccc(F)c2F)N(CC(=O)N(Cc2ccc(-c3ccc(C(F)(F)F)cc3)cc2)C2CCN(C([2H])([2H])COC([2H])([2H])[2H])CC2)c2c([2H])c([2H])c(C)c([2H])c2C1O. The summed E-state index contributed by atoms with van der Waals surface area (Å²) >= 11 is 0.798. The molecule has 12 heteroatoms. The molecule has 0 bridgehead atoms. The van der Waals surface area contributed by atoms with Crippen LogP contribution in [0.25, 0.3) is 11.1 Å². The molecule has 2 aliphatic rings. The van der Waals surface area contributed by atoms with Crippen molar-refractivity contribution in [3.8, 4) is 11.1 Å². The lowest BCUT2D eigenvalue weighted by atomic mass is 9.99. The number of anilines is 1. The van der Waals surface area contributed by atoms with E-state index in [9.17, 15) is 31.9 Å². The van der Waals surface area contributed by atoms with Crippen LogP contribution in [0.2, 0.25) is 0 Å². The number of aliphatic hydroxyl groups is 1. The molecule has 6 nitrogen and oxygen atoms in total. The number of methoxy groups -OCH3 is 1. The molecule has 2 aliphatic heterocycles. The van der Waals surface area contributed by atoms with E-state index in [1.165, 1.54) is 45.9 Å². The normalized spacial score (nSPS) is 19.9. The van der Waals surface area contributed by atoms with Gasteiger partial charge < -0.3 is 24.5 Å². The van der Waals surface area contributed by atoms with E-state index >= 15 is 0 Å². The predicted molar refractivity (Wildman–Crippen MR) is 198 cm³/mol. The topological polar surface area (TPSA) is 56.3 Å². The largest absolute Gasteiger partial charge is 0.416 e. The maximum absolute atomic E-state index is 14.9. The summed E-state index contributed by atoms with van der Waals surface area (Å²) in [6.45, 7) is -1.99. The van der Waals surface area contributed by atoms with Gasteiger partial charge in [-0.1, -0.05) is 66.2 Å². The summed E-state index contributed by atoms with van der Waals surface area (Å²) in [6, 6.07) is 12.8. The van der Waals surface area contributed by atoms with Crippen molar-refractivity contribution >= 4 is 23.4 Å². The number of hydrogen-bond donors (Lipinski definition) is 1. The first kappa shape index (κ1) is 28.2. The van der Waals surface area contributed by atoms with Crippen molar-refractivity contribution in [1.82, 2.24) is 9.80 Å². The van der Waals surface area contributed by atoms with E-state index in [1.54, 1.807) is 24.3 Å². The van der Waals surface area contributed by atoms with Gasteiger partial charge in [0, 0.05) is 64.5 Å². The average Bonchev–Trinajstić information content (AvgIpc) is 3.22. The van der Waals surface area contributed by atoms with Gasteiger partial charge >= 0.3 is 6.18 Å². The maximum atomic E-state index is 14.9. The smallest absolute Gasteiger partial charge is 0.384 e. The molecule has 2 heterocycles. The first-order valence-electron chi connectivity index (χ1n) is 21.3. The Hall–Kier alpha value is -4.23. The van der Waals surface area contributed by atoms with Crippen LogP contribution in [-0.2, 0) is 28.0 Å². The zero-order chi connectivity index (χ0) is 45.5. The Morgan fingerprint density at radius 1 is 1.06 bits per heavy atom. The maximum Gasteiger partial charge on any atom is 0.416 e. The van der Waals surface area contributed by atoms with Gasteiger partial charge in [-0.3, -0.25) is 4.79 Å². The van der Waals surface area contributed by atoms with Crippen molar-refractivity contribution in [3.05, 3.63) is 135 Å². The highest BCUT2D eigenvalue weighted by Crippen LogP contribution is 2.41. The van der Waals surface area contributed by atoms with Crippen molar-refractivity contribution in [2.24, 2.45) is 0 Å². The van der Waals surface area contributed by atoms with E-state index in [4.69, 9.17) is 17.1 Å². The zero-order valence-electron chi connectivity index (χ0n) is 37.6. The second kappa shape index (κ2) is 16.8. The third-order valence-electron chi connectivity index (χ3n) is 9.12. The Kier molecular flexibility index (Phi) is 8.98. The molecular weight excluding hydrogens is 710 g/mol. The van der Waals surface area contributed by atoms with Gasteiger partial charge in [0.15, 0.2) is 11.6 Å². The molecule has 0 saturated carbocycles. The Balaban J connectivity index is 1.35. The van der Waals surface area contributed by atoms with Gasteiger partial charge in [0.05, 0.1) is 26.8 Å². The number of carbonyl (C=O) groups excluding carboxylic acids is 1. The Labute approximate surface area is 323 Å². The third kappa shape index (κ3) is 9.29. The van der Waals surface area contributed by atoms with Crippen molar-refractivity contribution in [2.75, 3.05) is 44.7 Å². The third-order valence-corrected chi connectivity index (χ3v) is 10.2. The van der Waals surface area contributed by atoms with Crippen LogP contribution in [0.5, 0.6) is 0 Å². The monoisotopic (exact) mass is 760 g/mol. The van der Waals surface area contributed by atoms with E-state index in [0.29, 0.717) is 16.7 Å². The van der Waals surface area contributed by atoms with Crippen molar-refractivity contribution < 1.29 is 48.9 Å². The van der Waals surface area contributed by atoms with Crippen LogP contribution in [0, 0.1) is 18.6 Å². The molecule has 1 unspecified atom stereocenters. The number of benzene rings is 4. The van der Waals surface area contributed by atoms with Crippen LogP contribution in [0.1, 0.15) is 59.1 Å². The lowest BCUT2D eigenvalue weighted by molar-refractivity contribution is -0.137. The molecule has 4 aromatic rings. The molecular formula is C41H42F5N3O3S. The minimum atomic E-state index is -4.51. The molecule has 1 atom stereocenters. The summed E-state index contributed by atoms with van der Waals surface area (Å²) in [7, 11) is -2.82. The number of thioether (sulfide) groups is 1. The number of alkyl halides is 3. The van der Waals surface area contributed by atoms with Gasteiger partial charge in [-0.25, -0.2) is 8.78 Å². The van der Waals surface area contributed by atoms with Crippen LogP contribution in [0.4, 0.5) is 27.6 Å². The molecule has 6 rings (SSSR count). The first-order chi connectivity index (χ1) is 29.0. The second-order valence-corrected chi connectivity index (χ2v) is 13.6. The number of halogens is 5. The summed E-state index contributed by atoms with van der Waals surface area (Å²) in [4.78, 5) is 19.0. The van der Waals surface area contributed by atoms with Gasteiger partial charge in [0.2, 0.25) is 5.91 Å². The quantitative estimate of drug-likeness (QED) is 0.146. The fourth-order valence-electron chi connectivity index (χ4n) is 6.33. The fourth-order valence-corrected chi connectivity index (χ4v) is 7.35. The average molecular weight is 761 g/mol. The van der Waals surface area contributed by atoms with E-state index in [-0.39, 0.29) is 77.7 Å². The van der Waals surface area contributed by atoms with Gasteiger partial charge in [-0.15, -0.1) is 11.8 Å². The highest BCUT2D eigenvalue weighted by molar-refractivity contribution is 8.02. The molecule has 0 aliphatic carbocycles. The first-order valence-corrected chi connectivity index (χ1v) is 17.7. The predicted octanol–water partition coefficient (Wildman–Crippen LogP) is 8.73. The molecule has 1 amide bonds. The number of nitrogens with zero attached hydrogens (tertiary/aromatic N) is 3. The van der Waals surface area contributed by atoms with E-state index in [0.717, 1.165) is 30.0 Å². The Morgan fingerprint density at radius 3 is 2.43 bits per heavy atom. The number of rotatable bonds is 12. The van der Waals surface area contributed by atoms with Crippen molar-refractivity contribution in [1.29, 1.82) is 0 Å². The highest BCUT2D eigenvalue weighted by atomic mass is 32.2. The molecule has 1 N–H and O–H groups in total. The Bertz CT molecular complexity index is 2330. The summed E-state index contributed by atoms with van der Waals surface area (Å²) < 4.78 is 148. The standard InChI is InChI=1S/C41H42F5N3O3S/c1-27-6-15-36-34(22-27)37(50)23-39(53-26-31-4-3-5-35(42)40(31)43)49(36)25-38(51)48(33-16-18-47(19-17-33)20-21-52-2)24-28-7-9-29(10-8-28)30-11-13-32(14-12-30)41(44,45)46/h3-15,22-23,33,37,50H,16-21,24-26H2,1-2H3/i2D3,6D,15D,20D2,22D,23D. The number of fused-ring (bicyclic) bond motifs is 1. The number of piperidine rings is 1. The van der Waals surface area contributed by atoms with Gasteiger partial charge in [-0.2, -0.15) is 13.2 Å². The van der Waals surface area contributed by atoms with E-state index in [2.05, 4.69) is 0 Å². The van der Waals surface area contributed by atoms with E-state index < -0.39 is 80.2 Å². The van der Waals surface area contributed by atoms with Gasteiger partial charge in [-0.05, 0) is 66.7 Å². The van der Waals surface area contributed by atoms with Crippen LogP contribution in [-0.4, -0.2) is 66.6 Å². The minimum Gasteiger partial charge on any atom is -0.384 e. The molecule has 0 aromatic heterocycles. The summed E-state index contributed by atoms with van der Waals surface area (Å²) in [6.07, 6.45) is -5.87. The number of ether oxygens (including phenoxy) is 1. The molecule has 0 spiro atoms. The molecule has 4 aromatic carbocycles. The molecule has 1 fully saturated rings. The number of carbonyl (C=O) groups is 1. The summed E-state index contributed by atoms with van der Waals surface area (Å²) in [5, 5.41) is 11.3. The molecule has 0 radical (unpaired) electrons.